The van der Waals surface area contributed by atoms with Crippen LogP contribution >= 0.6 is 11.8 Å². The van der Waals surface area contributed by atoms with Crippen molar-refractivity contribution in [1.29, 1.82) is 0 Å². The van der Waals surface area contributed by atoms with E-state index in [0.717, 1.165) is 10.2 Å². The third-order valence-corrected chi connectivity index (χ3v) is 4.75. The predicted octanol–water partition coefficient (Wildman–Crippen LogP) is 2.54. The maximum atomic E-state index is 12.4. The average Bonchev–Trinajstić information content (AvgIpc) is 2.60. The Labute approximate surface area is 144 Å². The molecule has 0 saturated carbocycles. The van der Waals surface area contributed by atoms with Crippen molar-refractivity contribution in [2.45, 2.75) is 24.3 Å². The van der Waals surface area contributed by atoms with Gasteiger partial charge in [0.1, 0.15) is 5.69 Å². The standard InChI is InChI=1S/C18H18N4OS/c1-13-7-5-6-10-15(13)12-24-18-21-20-16(17(23)22(18)19)11-14-8-3-2-4-9-14/h2-10H,11-12,19H2,1H3. The molecule has 2 aromatic carbocycles. The van der Waals surface area contributed by atoms with Gasteiger partial charge < -0.3 is 5.84 Å². The van der Waals surface area contributed by atoms with Crippen LogP contribution in [0.1, 0.15) is 22.4 Å². The SMILES string of the molecule is Cc1ccccc1CSc1nnc(Cc2ccccc2)c(=O)n1N. The molecule has 3 rings (SSSR count). The van der Waals surface area contributed by atoms with Gasteiger partial charge in [-0.3, -0.25) is 4.79 Å². The molecule has 2 N–H and O–H groups in total. The lowest BCUT2D eigenvalue weighted by atomic mass is 10.1. The number of rotatable bonds is 5. The van der Waals surface area contributed by atoms with Crippen molar-refractivity contribution < 1.29 is 0 Å². The molecule has 0 unspecified atom stereocenters. The Hall–Kier alpha value is -2.60. The van der Waals surface area contributed by atoms with E-state index < -0.39 is 0 Å². The van der Waals surface area contributed by atoms with E-state index in [0.29, 0.717) is 23.0 Å². The molecule has 5 nitrogen and oxygen atoms in total. The highest BCUT2D eigenvalue weighted by atomic mass is 32.2. The van der Waals surface area contributed by atoms with E-state index in [9.17, 15) is 4.79 Å². The fraction of sp³-hybridized carbons (Fsp3) is 0.167. The van der Waals surface area contributed by atoms with E-state index in [1.165, 1.54) is 22.9 Å². The molecule has 24 heavy (non-hydrogen) atoms. The molecule has 122 valence electrons. The van der Waals surface area contributed by atoms with Crippen molar-refractivity contribution >= 4 is 11.8 Å². The summed E-state index contributed by atoms with van der Waals surface area (Å²) in [6.07, 6.45) is 0.423. The maximum absolute atomic E-state index is 12.4. The van der Waals surface area contributed by atoms with Crippen molar-refractivity contribution in [3.8, 4) is 0 Å². The summed E-state index contributed by atoms with van der Waals surface area (Å²) in [4.78, 5) is 12.4. The number of hydrogen-bond acceptors (Lipinski definition) is 5. The van der Waals surface area contributed by atoms with Crippen LogP contribution in [0, 0.1) is 6.92 Å². The van der Waals surface area contributed by atoms with Gasteiger partial charge in [0.25, 0.3) is 5.56 Å². The predicted molar refractivity (Wildman–Crippen MR) is 96.4 cm³/mol. The molecule has 0 aliphatic rings. The summed E-state index contributed by atoms with van der Waals surface area (Å²) in [5.41, 5.74) is 3.43. The van der Waals surface area contributed by atoms with Gasteiger partial charge in [-0.25, -0.2) is 0 Å². The molecule has 0 amide bonds. The fourth-order valence-electron chi connectivity index (χ4n) is 2.33. The van der Waals surface area contributed by atoms with E-state index in [2.05, 4.69) is 29.3 Å². The van der Waals surface area contributed by atoms with Gasteiger partial charge in [0.2, 0.25) is 5.16 Å². The first-order chi connectivity index (χ1) is 11.6. The van der Waals surface area contributed by atoms with Gasteiger partial charge in [-0.1, -0.05) is 66.4 Å². The fourth-order valence-corrected chi connectivity index (χ4v) is 3.26. The topological polar surface area (TPSA) is 73.8 Å². The molecule has 3 aromatic rings. The first-order valence-corrected chi connectivity index (χ1v) is 8.58. The van der Waals surface area contributed by atoms with Gasteiger partial charge in [-0.2, -0.15) is 4.68 Å². The molecule has 0 spiro atoms. The molecule has 0 aliphatic carbocycles. The van der Waals surface area contributed by atoms with Gasteiger partial charge >= 0.3 is 0 Å². The summed E-state index contributed by atoms with van der Waals surface area (Å²) >= 11 is 1.41. The van der Waals surface area contributed by atoms with E-state index >= 15 is 0 Å². The number of nitrogens with two attached hydrogens (primary N) is 1. The third kappa shape index (κ3) is 3.65. The average molecular weight is 338 g/mol. The normalized spacial score (nSPS) is 10.7. The van der Waals surface area contributed by atoms with Gasteiger partial charge in [-0.15, -0.1) is 10.2 Å². The number of aromatic nitrogens is 3. The summed E-state index contributed by atoms with van der Waals surface area (Å²) < 4.78 is 1.09. The summed E-state index contributed by atoms with van der Waals surface area (Å²) in [6, 6.07) is 17.8. The first-order valence-electron chi connectivity index (χ1n) is 7.60. The first kappa shape index (κ1) is 16.3. The Kier molecular flexibility index (Phi) is 4.96. The zero-order valence-electron chi connectivity index (χ0n) is 13.3. The van der Waals surface area contributed by atoms with Gasteiger partial charge in [0, 0.05) is 12.2 Å². The van der Waals surface area contributed by atoms with Crippen molar-refractivity contribution in [2.24, 2.45) is 0 Å². The molecule has 0 aliphatic heterocycles. The molecule has 0 bridgehead atoms. The lowest BCUT2D eigenvalue weighted by molar-refractivity contribution is 0.672. The van der Waals surface area contributed by atoms with Crippen molar-refractivity contribution in [2.75, 3.05) is 5.84 Å². The molecule has 0 saturated heterocycles. The molecule has 1 heterocycles. The van der Waals surface area contributed by atoms with E-state index in [-0.39, 0.29) is 5.56 Å². The van der Waals surface area contributed by atoms with Crippen LogP contribution in [0.5, 0.6) is 0 Å². The van der Waals surface area contributed by atoms with Gasteiger partial charge in [0.15, 0.2) is 0 Å². The van der Waals surface area contributed by atoms with Crippen LogP contribution in [0.15, 0.2) is 64.5 Å². The Morgan fingerprint density at radius 2 is 1.75 bits per heavy atom. The quantitative estimate of drug-likeness (QED) is 0.572. The van der Waals surface area contributed by atoms with E-state index in [1.807, 2.05) is 42.5 Å². The number of aryl methyl sites for hydroxylation is 1. The largest absolute Gasteiger partial charge is 0.334 e. The highest BCUT2D eigenvalue weighted by Gasteiger charge is 2.11. The van der Waals surface area contributed by atoms with Crippen molar-refractivity contribution in [1.82, 2.24) is 14.9 Å². The van der Waals surface area contributed by atoms with Crippen LogP contribution in [0.3, 0.4) is 0 Å². The van der Waals surface area contributed by atoms with Crippen LogP contribution < -0.4 is 11.4 Å². The number of nitrogens with zero attached hydrogens (tertiary/aromatic N) is 3. The van der Waals surface area contributed by atoms with Crippen LogP contribution in [-0.4, -0.2) is 14.9 Å². The molecule has 1 aromatic heterocycles. The minimum absolute atomic E-state index is 0.305. The Morgan fingerprint density at radius 1 is 1.04 bits per heavy atom. The second-order valence-corrected chi connectivity index (χ2v) is 6.42. The Morgan fingerprint density at radius 3 is 2.50 bits per heavy atom. The number of nitrogen functional groups attached to an aromatic ring is 1. The number of thioether (sulfide) groups is 1. The van der Waals surface area contributed by atoms with E-state index in [1.54, 1.807) is 0 Å². The lowest BCUT2D eigenvalue weighted by Crippen LogP contribution is -2.33. The van der Waals surface area contributed by atoms with Gasteiger partial charge in [0.05, 0.1) is 0 Å². The smallest absolute Gasteiger partial charge is 0.294 e. The minimum Gasteiger partial charge on any atom is -0.334 e. The lowest BCUT2D eigenvalue weighted by Gasteiger charge is -2.08. The second-order valence-electron chi connectivity index (χ2n) is 5.48. The summed E-state index contributed by atoms with van der Waals surface area (Å²) in [7, 11) is 0. The van der Waals surface area contributed by atoms with E-state index in [4.69, 9.17) is 5.84 Å². The molecule has 0 radical (unpaired) electrons. The zero-order valence-corrected chi connectivity index (χ0v) is 14.2. The maximum Gasteiger partial charge on any atom is 0.294 e. The Bertz CT molecular complexity index is 893. The number of hydrogen-bond donors (Lipinski definition) is 1. The van der Waals surface area contributed by atoms with Crippen LogP contribution in [-0.2, 0) is 12.2 Å². The van der Waals surface area contributed by atoms with Crippen molar-refractivity contribution in [3.05, 3.63) is 87.3 Å². The highest BCUT2D eigenvalue weighted by molar-refractivity contribution is 7.98. The molecule has 0 fully saturated rings. The highest BCUT2D eigenvalue weighted by Crippen LogP contribution is 2.20. The van der Waals surface area contributed by atoms with Crippen LogP contribution in [0.25, 0.3) is 0 Å². The van der Waals surface area contributed by atoms with Crippen molar-refractivity contribution in [3.63, 3.8) is 0 Å². The monoisotopic (exact) mass is 338 g/mol. The van der Waals surface area contributed by atoms with Crippen LogP contribution in [0.4, 0.5) is 0 Å². The van der Waals surface area contributed by atoms with Gasteiger partial charge in [-0.05, 0) is 23.6 Å². The molecular weight excluding hydrogens is 320 g/mol. The van der Waals surface area contributed by atoms with Crippen LogP contribution in [0.2, 0.25) is 0 Å². The summed E-state index contributed by atoms with van der Waals surface area (Å²) in [5.74, 6) is 6.61. The minimum atomic E-state index is -0.305. The number of benzene rings is 2. The molecule has 0 atom stereocenters. The molecule has 6 heteroatoms. The second kappa shape index (κ2) is 7.31. The molecular formula is C18H18N4OS. The third-order valence-electron chi connectivity index (χ3n) is 3.76. The zero-order chi connectivity index (χ0) is 16.9. The Balaban J connectivity index is 1.78. The summed E-state index contributed by atoms with van der Waals surface area (Å²) in [6.45, 7) is 2.06. The summed E-state index contributed by atoms with van der Waals surface area (Å²) in [5, 5.41) is 8.63.